The minimum Gasteiger partial charge on any atom is -0.467 e. The lowest BCUT2D eigenvalue weighted by molar-refractivity contribution is -0.136. The summed E-state index contributed by atoms with van der Waals surface area (Å²) in [5, 5.41) is 8.37. The number of fused-ring (bicyclic) bond motifs is 1. The molecular formula is C29H30F3N5O4. The van der Waals surface area contributed by atoms with Gasteiger partial charge in [-0.15, -0.1) is 0 Å². The minimum absolute atomic E-state index is 0.132. The van der Waals surface area contributed by atoms with Crippen LogP contribution in [0.15, 0.2) is 55.0 Å². The van der Waals surface area contributed by atoms with Crippen molar-refractivity contribution in [2.24, 2.45) is 0 Å². The summed E-state index contributed by atoms with van der Waals surface area (Å²) in [6, 6.07) is 9.64. The van der Waals surface area contributed by atoms with Gasteiger partial charge in [0, 0.05) is 37.8 Å². The SMILES string of the molecule is COCOc1cc(-c2cc(C(F)(F)F)c3nc(C)cn3c2)ccc1C1(c2cccnn2)CCN1C(=O)OC(C)(C)C. The zero-order chi connectivity index (χ0) is 29.6. The molecule has 0 N–H and O–H groups in total. The molecular weight excluding hydrogens is 539 g/mol. The van der Waals surface area contributed by atoms with E-state index in [-0.39, 0.29) is 12.4 Å². The number of aromatic nitrogens is 4. The fourth-order valence-corrected chi connectivity index (χ4v) is 5.09. The number of alkyl halides is 3. The van der Waals surface area contributed by atoms with Gasteiger partial charge >= 0.3 is 12.3 Å². The molecule has 0 radical (unpaired) electrons. The highest BCUT2D eigenvalue weighted by Gasteiger charge is 2.54. The number of benzene rings is 1. The number of ether oxygens (including phenoxy) is 3. The Balaban J connectivity index is 1.67. The number of imidazole rings is 1. The molecule has 0 aliphatic carbocycles. The number of hydrogen-bond acceptors (Lipinski definition) is 7. The highest BCUT2D eigenvalue weighted by molar-refractivity contribution is 5.75. The van der Waals surface area contributed by atoms with Gasteiger partial charge in [-0.05, 0) is 69.5 Å². The molecule has 41 heavy (non-hydrogen) atoms. The Bertz CT molecular complexity index is 1580. The van der Waals surface area contributed by atoms with Crippen LogP contribution in [0.25, 0.3) is 16.8 Å². The second-order valence-electron chi connectivity index (χ2n) is 10.9. The number of rotatable bonds is 6. The van der Waals surface area contributed by atoms with Crippen LogP contribution in [-0.4, -0.2) is 56.6 Å². The van der Waals surface area contributed by atoms with E-state index >= 15 is 0 Å². The first kappa shape index (κ1) is 28.3. The molecule has 4 heterocycles. The van der Waals surface area contributed by atoms with Gasteiger partial charge in [-0.1, -0.05) is 12.1 Å². The van der Waals surface area contributed by atoms with Crippen LogP contribution in [0.3, 0.4) is 0 Å². The lowest BCUT2D eigenvalue weighted by Gasteiger charge is -2.52. The van der Waals surface area contributed by atoms with Crippen molar-refractivity contribution < 1.29 is 32.2 Å². The van der Waals surface area contributed by atoms with E-state index in [4.69, 9.17) is 14.2 Å². The van der Waals surface area contributed by atoms with Gasteiger partial charge in [0.15, 0.2) is 6.79 Å². The van der Waals surface area contributed by atoms with Crippen molar-refractivity contribution in [2.45, 2.75) is 51.4 Å². The van der Waals surface area contributed by atoms with E-state index in [9.17, 15) is 18.0 Å². The summed E-state index contributed by atoms with van der Waals surface area (Å²) in [5.74, 6) is 0.318. The zero-order valence-electron chi connectivity index (χ0n) is 23.3. The normalized spacial score (nSPS) is 17.4. The summed E-state index contributed by atoms with van der Waals surface area (Å²) in [6.07, 6.45) is 0.0134. The Labute approximate surface area is 234 Å². The molecule has 5 rings (SSSR count). The Morgan fingerprint density at radius 2 is 1.88 bits per heavy atom. The van der Waals surface area contributed by atoms with E-state index in [1.807, 2.05) is 0 Å². The highest BCUT2D eigenvalue weighted by Crippen LogP contribution is 2.50. The maximum absolute atomic E-state index is 14.0. The van der Waals surface area contributed by atoms with Crippen LogP contribution in [0.4, 0.5) is 18.0 Å². The Kier molecular flexibility index (Phi) is 7.14. The molecule has 1 atom stereocenters. The lowest BCUT2D eigenvalue weighted by atomic mass is 9.74. The van der Waals surface area contributed by atoms with Gasteiger partial charge in [-0.3, -0.25) is 4.90 Å². The van der Waals surface area contributed by atoms with Crippen molar-refractivity contribution in [3.05, 3.63) is 77.5 Å². The number of nitrogens with zero attached hydrogens (tertiary/aromatic N) is 5. The van der Waals surface area contributed by atoms with Crippen LogP contribution < -0.4 is 4.74 Å². The highest BCUT2D eigenvalue weighted by atomic mass is 19.4. The monoisotopic (exact) mass is 569 g/mol. The third-order valence-electron chi connectivity index (χ3n) is 6.84. The van der Waals surface area contributed by atoms with E-state index in [1.54, 1.807) is 75.3 Å². The topological polar surface area (TPSA) is 91.1 Å². The molecule has 1 amide bonds. The van der Waals surface area contributed by atoms with Gasteiger partial charge < -0.3 is 18.6 Å². The maximum Gasteiger partial charge on any atom is 0.420 e. The maximum atomic E-state index is 14.0. The summed E-state index contributed by atoms with van der Waals surface area (Å²) >= 11 is 0. The van der Waals surface area contributed by atoms with Crippen molar-refractivity contribution >= 4 is 11.7 Å². The number of carbonyl (C=O) groups excluding carboxylic acids is 1. The van der Waals surface area contributed by atoms with Gasteiger partial charge in [0.2, 0.25) is 0 Å². The minimum atomic E-state index is -4.61. The Morgan fingerprint density at radius 1 is 1.10 bits per heavy atom. The Morgan fingerprint density at radius 3 is 2.49 bits per heavy atom. The molecule has 1 aliphatic heterocycles. The van der Waals surface area contributed by atoms with E-state index in [0.29, 0.717) is 46.8 Å². The molecule has 0 saturated carbocycles. The smallest absolute Gasteiger partial charge is 0.420 e. The zero-order valence-corrected chi connectivity index (χ0v) is 23.3. The van der Waals surface area contributed by atoms with Crippen LogP contribution >= 0.6 is 0 Å². The average molecular weight is 570 g/mol. The first-order valence-electron chi connectivity index (χ1n) is 13.0. The average Bonchev–Trinajstić information content (AvgIpc) is 3.26. The quantitative estimate of drug-likeness (QED) is 0.264. The van der Waals surface area contributed by atoms with Crippen LogP contribution in [0, 0.1) is 6.92 Å². The molecule has 1 aliphatic rings. The Hall–Kier alpha value is -4.19. The number of likely N-dealkylation sites (tertiary alicyclic amines) is 1. The van der Waals surface area contributed by atoms with Gasteiger partial charge in [-0.2, -0.15) is 23.4 Å². The van der Waals surface area contributed by atoms with Crippen molar-refractivity contribution in [3.8, 4) is 16.9 Å². The van der Waals surface area contributed by atoms with Gasteiger partial charge in [-0.25, -0.2) is 9.78 Å². The van der Waals surface area contributed by atoms with Crippen molar-refractivity contribution in [1.82, 2.24) is 24.5 Å². The van der Waals surface area contributed by atoms with Crippen molar-refractivity contribution in [3.63, 3.8) is 0 Å². The summed E-state index contributed by atoms with van der Waals surface area (Å²) < 4.78 is 60.2. The summed E-state index contributed by atoms with van der Waals surface area (Å²) in [4.78, 5) is 19.0. The van der Waals surface area contributed by atoms with Crippen LogP contribution in [-0.2, 0) is 21.2 Å². The number of aryl methyl sites for hydroxylation is 1. The second-order valence-corrected chi connectivity index (χ2v) is 10.9. The predicted molar refractivity (Wildman–Crippen MR) is 143 cm³/mol. The summed E-state index contributed by atoms with van der Waals surface area (Å²) in [5.41, 5.74) is -0.522. The number of hydrogen-bond donors (Lipinski definition) is 0. The second kappa shape index (κ2) is 10.3. The van der Waals surface area contributed by atoms with Crippen LogP contribution in [0.1, 0.15) is 49.7 Å². The molecule has 1 unspecified atom stereocenters. The van der Waals surface area contributed by atoms with E-state index in [2.05, 4.69) is 15.2 Å². The third kappa shape index (κ3) is 5.31. The molecule has 3 aromatic heterocycles. The van der Waals surface area contributed by atoms with Crippen molar-refractivity contribution in [1.29, 1.82) is 0 Å². The van der Waals surface area contributed by atoms with E-state index < -0.39 is 29.0 Å². The van der Waals surface area contributed by atoms with Crippen LogP contribution in [0.2, 0.25) is 0 Å². The van der Waals surface area contributed by atoms with Gasteiger partial charge in [0.25, 0.3) is 0 Å². The van der Waals surface area contributed by atoms with Crippen LogP contribution in [0.5, 0.6) is 5.75 Å². The number of carbonyl (C=O) groups is 1. The fourth-order valence-electron chi connectivity index (χ4n) is 5.09. The number of methoxy groups -OCH3 is 1. The summed E-state index contributed by atoms with van der Waals surface area (Å²) in [7, 11) is 1.46. The molecule has 1 fully saturated rings. The molecule has 1 saturated heterocycles. The van der Waals surface area contributed by atoms with Gasteiger partial charge in [0.05, 0.1) is 17.0 Å². The van der Waals surface area contributed by atoms with Crippen molar-refractivity contribution in [2.75, 3.05) is 20.4 Å². The largest absolute Gasteiger partial charge is 0.467 e. The standard InChI is InChI=1S/C29H30F3N5O4/c1-18-15-36-16-20(13-22(25(36)34-18)29(30,31)32)19-8-9-21(23(14-19)40-17-39-5)28(24-7-6-11-33-35-24)10-12-37(28)26(38)41-27(2,3)4/h6-9,11,13-16H,10,12,17H2,1-5H3. The predicted octanol–water partition coefficient (Wildman–Crippen LogP) is 5.99. The first-order chi connectivity index (χ1) is 19.3. The molecule has 0 spiro atoms. The third-order valence-corrected chi connectivity index (χ3v) is 6.84. The van der Waals surface area contributed by atoms with E-state index in [0.717, 1.165) is 6.07 Å². The molecule has 9 nitrogen and oxygen atoms in total. The molecule has 1 aromatic carbocycles. The van der Waals surface area contributed by atoms with E-state index in [1.165, 1.54) is 17.7 Å². The molecule has 4 aromatic rings. The lowest BCUT2D eigenvalue weighted by Crippen LogP contribution is -2.61. The first-order valence-corrected chi connectivity index (χ1v) is 13.0. The fraction of sp³-hybridized carbons (Fsp3) is 0.379. The molecule has 0 bridgehead atoms. The molecule has 12 heteroatoms. The number of halogens is 3. The number of pyridine rings is 1. The molecule has 216 valence electrons. The van der Waals surface area contributed by atoms with Gasteiger partial charge in [0.1, 0.15) is 22.5 Å². The number of amides is 1. The summed E-state index contributed by atoms with van der Waals surface area (Å²) in [6.45, 7) is 7.24.